The number of aliphatic hydroxyl groups excluding tert-OH is 1. The molecule has 0 aliphatic carbocycles. The number of thiazole rings is 1. The maximum absolute atomic E-state index is 13.1. The molecular weight excluding hydrogens is 570 g/mol. The molecule has 37 heavy (non-hydrogen) atoms. The van der Waals surface area contributed by atoms with Crippen LogP contribution in [0.15, 0.2) is 82.0 Å². The fourth-order valence-electron chi connectivity index (χ4n) is 4.71. The molecule has 1 aromatic heterocycles. The van der Waals surface area contributed by atoms with E-state index < -0.39 is 10.0 Å². The zero-order valence-corrected chi connectivity index (χ0v) is 24.0. The molecule has 0 spiro atoms. The van der Waals surface area contributed by atoms with E-state index in [2.05, 4.69) is 28.1 Å². The van der Waals surface area contributed by atoms with Crippen molar-refractivity contribution in [2.45, 2.75) is 43.5 Å². The second kappa shape index (κ2) is 12.5. The lowest BCUT2D eigenvalue weighted by atomic mass is 10.1. The summed E-state index contributed by atoms with van der Waals surface area (Å²) in [6.45, 7) is 2.06. The lowest BCUT2D eigenvalue weighted by Gasteiger charge is -2.25. The zero-order valence-electron chi connectivity index (χ0n) is 20.6. The fraction of sp³-hybridized carbons (Fsp3) is 0.321. The van der Waals surface area contributed by atoms with Crippen molar-refractivity contribution in [3.05, 3.63) is 76.9 Å². The van der Waals surface area contributed by atoms with E-state index in [9.17, 15) is 13.5 Å². The van der Waals surface area contributed by atoms with Crippen molar-refractivity contribution < 1.29 is 13.5 Å². The Kier molecular flexibility index (Phi) is 9.36. The number of aromatic nitrogens is 1. The van der Waals surface area contributed by atoms with Crippen molar-refractivity contribution in [3.63, 3.8) is 0 Å². The Labute approximate surface area is 232 Å². The molecule has 0 atom stereocenters. The Morgan fingerprint density at radius 1 is 0.892 bits per heavy atom. The summed E-state index contributed by atoms with van der Waals surface area (Å²) in [5, 5.41) is 13.7. The summed E-state index contributed by atoms with van der Waals surface area (Å²) in [5.74, 6) is 0. The van der Waals surface area contributed by atoms with Gasteiger partial charge in [-0.1, -0.05) is 55.0 Å². The summed E-state index contributed by atoms with van der Waals surface area (Å²) in [6, 6.07) is 21.6. The maximum Gasteiger partial charge on any atom is 0.243 e. The number of halogens is 1. The molecule has 0 radical (unpaired) electrons. The van der Waals surface area contributed by atoms with Crippen LogP contribution in [0.4, 0.5) is 5.69 Å². The van der Waals surface area contributed by atoms with Gasteiger partial charge in [0.05, 0.1) is 16.3 Å². The predicted molar refractivity (Wildman–Crippen MR) is 156 cm³/mol. The maximum atomic E-state index is 13.1. The molecule has 0 amide bonds. The Morgan fingerprint density at radius 2 is 1.62 bits per heavy atom. The average molecular weight is 603 g/mol. The quantitative estimate of drug-likeness (QED) is 0.247. The summed E-state index contributed by atoms with van der Waals surface area (Å²) in [4.78, 5) is 6.25. The molecule has 1 aliphatic heterocycles. The Hall–Kier alpha value is -2.30. The van der Waals surface area contributed by atoms with Gasteiger partial charge in [-0.15, -0.1) is 28.3 Å². The molecule has 1 fully saturated rings. The molecule has 1 N–H and O–H groups in total. The minimum Gasteiger partial charge on any atom is -0.396 e. The number of aliphatic hydroxyl groups is 1. The van der Waals surface area contributed by atoms with Crippen molar-refractivity contribution in [1.82, 2.24) is 8.87 Å². The first-order valence-corrected chi connectivity index (χ1v) is 14.8. The van der Waals surface area contributed by atoms with Crippen LogP contribution in [0.2, 0.25) is 0 Å². The smallest absolute Gasteiger partial charge is 0.243 e. The van der Waals surface area contributed by atoms with E-state index in [1.165, 1.54) is 0 Å². The molecule has 0 unspecified atom stereocenters. The molecule has 196 valence electrons. The van der Waals surface area contributed by atoms with Gasteiger partial charge in [0.1, 0.15) is 0 Å². The first-order valence-electron chi connectivity index (χ1n) is 12.5. The normalized spacial score (nSPS) is 15.1. The minimum absolute atomic E-state index is 0. The number of piperidine rings is 1. The largest absolute Gasteiger partial charge is 0.396 e. The second-order valence-corrected chi connectivity index (χ2v) is 11.9. The van der Waals surface area contributed by atoms with E-state index in [1.807, 2.05) is 36.4 Å². The highest BCUT2D eigenvalue weighted by Crippen LogP contribution is 2.28. The van der Waals surface area contributed by atoms with Crippen LogP contribution in [0.5, 0.6) is 0 Å². The van der Waals surface area contributed by atoms with Crippen molar-refractivity contribution in [1.29, 1.82) is 0 Å². The SMILES string of the molecule is Br.O=S(=O)(c1ccc(-c2csc(=Nc3cccc4ccccc34)n2CCCCO)cc1)N1CCCCC1. The summed E-state index contributed by atoms with van der Waals surface area (Å²) in [7, 11) is -3.46. The molecule has 9 heteroatoms. The Morgan fingerprint density at radius 3 is 2.38 bits per heavy atom. The lowest BCUT2D eigenvalue weighted by Crippen LogP contribution is -2.35. The molecule has 0 bridgehead atoms. The van der Waals surface area contributed by atoms with E-state index in [0.29, 0.717) is 24.4 Å². The highest BCUT2D eigenvalue weighted by Gasteiger charge is 2.25. The number of unbranched alkanes of at least 4 members (excludes halogenated alkanes) is 1. The van der Waals surface area contributed by atoms with Gasteiger partial charge in [-0.05, 0) is 54.8 Å². The first-order chi connectivity index (χ1) is 17.6. The monoisotopic (exact) mass is 601 g/mol. The van der Waals surface area contributed by atoms with Gasteiger partial charge in [0.25, 0.3) is 0 Å². The summed E-state index contributed by atoms with van der Waals surface area (Å²) < 4.78 is 29.9. The van der Waals surface area contributed by atoms with E-state index >= 15 is 0 Å². The van der Waals surface area contributed by atoms with Crippen LogP contribution in [0.3, 0.4) is 0 Å². The molecule has 0 saturated carbocycles. The molecule has 4 aromatic rings. The molecule has 5 rings (SSSR count). The number of sulfonamides is 1. The van der Waals surface area contributed by atoms with Gasteiger partial charge in [-0.3, -0.25) is 0 Å². The van der Waals surface area contributed by atoms with E-state index in [-0.39, 0.29) is 23.6 Å². The Balaban J connectivity index is 0.00000320. The topological polar surface area (TPSA) is 74.9 Å². The van der Waals surface area contributed by atoms with Gasteiger partial charge in [-0.25, -0.2) is 13.4 Å². The van der Waals surface area contributed by atoms with Crippen LogP contribution in [-0.4, -0.2) is 42.1 Å². The number of benzene rings is 3. The van der Waals surface area contributed by atoms with Crippen molar-refractivity contribution in [3.8, 4) is 11.3 Å². The third-order valence-corrected chi connectivity index (χ3v) is 9.45. The minimum atomic E-state index is -3.46. The summed E-state index contributed by atoms with van der Waals surface area (Å²) in [5.41, 5.74) is 2.87. The average Bonchev–Trinajstić information content (AvgIpc) is 3.32. The molecule has 3 aromatic carbocycles. The highest BCUT2D eigenvalue weighted by molar-refractivity contribution is 8.93. The number of rotatable bonds is 8. The van der Waals surface area contributed by atoms with Gasteiger partial charge in [-0.2, -0.15) is 4.31 Å². The Bertz CT molecular complexity index is 1500. The third-order valence-electron chi connectivity index (χ3n) is 6.67. The van der Waals surface area contributed by atoms with Crippen LogP contribution < -0.4 is 4.80 Å². The zero-order chi connectivity index (χ0) is 25.0. The van der Waals surface area contributed by atoms with Crippen molar-refractivity contribution in [2.75, 3.05) is 19.7 Å². The van der Waals surface area contributed by atoms with Gasteiger partial charge in [0, 0.05) is 37.0 Å². The van der Waals surface area contributed by atoms with Crippen LogP contribution in [0.1, 0.15) is 32.1 Å². The van der Waals surface area contributed by atoms with Crippen LogP contribution in [0.25, 0.3) is 22.0 Å². The second-order valence-electron chi connectivity index (χ2n) is 9.09. The van der Waals surface area contributed by atoms with E-state index in [4.69, 9.17) is 4.99 Å². The van der Waals surface area contributed by atoms with E-state index in [0.717, 1.165) is 64.7 Å². The summed E-state index contributed by atoms with van der Waals surface area (Å²) >= 11 is 1.57. The summed E-state index contributed by atoms with van der Waals surface area (Å²) in [6.07, 6.45) is 4.46. The van der Waals surface area contributed by atoms with Crippen LogP contribution >= 0.6 is 28.3 Å². The van der Waals surface area contributed by atoms with E-state index in [1.54, 1.807) is 27.8 Å². The number of hydrogen-bond donors (Lipinski definition) is 1. The predicted octanol–water partition coefficient (Wildman–Crippen LogP) is 6.13. The van der Waals surface area contributed by atoms with Crippen molar-refractivity contribution >= 4 is 54.8 Å². The molecular formula is C28H32BrN3O3S2. The molecule has 6 nitrogen and oxygen atoms in total. The van der Waals surface area contributed by atoms with Gasteiger partial charge in [0.15, 0.2) is 4.80 Å². The van der Waals surface area contributed by atoms with Gasteiger partial charge < -0.3 is 9.67 Å². The number of fused-ring (bicyclic) bond motifs is 1. The van der Waals surface area contributed by atoms with Gasteiger partial charge >= 0.3 is 0 Å². The molecule has 1 saturated heterocycles. The van der Waals surface area contributed by atoms with Crippen molar-refractivity contribution in [2.24, 2.45) is 4.99 Å². The lowest BCUT2D eigenvalue weighted by molar-refractivity contribution is 0.281. The molecule has 2 heterocycles. The number of hydrogen-bond acceptors (Lipinski definition) is 5. The fourth-order valence-corrected chi connectivity index (χ4v) is 7.17. The third kappa shape index (κ3) is 6.07. The number of nitrogens with zero attached hydrogens (tertiary/aromatic N) is 3. The van der Waals surface area contributed by atoms with Gasteiger partial charge in [0.2, 0.25) is 10.0 Å². The molecule has 1 aliphatic rings. The van der Waals surface area contributed by atoms with Crippen LogP contribution in [-0.2, 0) is 16.6 Å². The van der Waals surface area contributed by atoms with Crippen LogP contribution in [0, 0.1) is 0 Å². The standard InChI is InChI=1S/C28H31N3O3S2.BrH/c32-20-7-6-19-31-27(21-35-28(31)29-26-12-8-10-22-9-2-3-11-25(22)26)23-13-15-24(16-14-23)36(33,34)30-17-4-1-5-18-30;/h2-3,8-16,21,32H,1,4-7,17-20H2;1H. The highest BCUT2D eigenvalue weighted by atomic mass is 79.9. The first kappa shape index (κ1) is 27.7.